The van der Waals surface area contributed by atoms with Gasteiger partial charge in [0.25, 0.3) is 5.91 Å². The number of para-hydroxylation sites is 1. The molecule has 4 aromatic carbocycles. The van der Waals surface area contributed by atoms with Crippen LogP contribution >= 0.6 is 11.6 Å². The number of fused-ring (bicyclic) bond motifs is 2. The molecule has 0 fully saturated rings. The van der Waals surface area contributed by atoms with Crippen molar-refractivity contribution in [2.75, 3.05) is 4.90 Å². The third-order valence-corrected chi connectivity index (χ3v) is 6.34. The van der Waals surface area contributed by atoms with Gasteiger partial charge < -0.3 is 4.90 Å². The van der Waals surface area contributed by atoms with Gasteiger partial charge in [0.1, 0.15) is 0 Å². The van der Waals surface area contributed by atoms with Crippen molar-refractivity contribution in [3.05, 3.63) is 135 Å². The monoisotopic (exact) mass is 423 g/mol. The number of rotatable bonds is 2. The summed E-state index contributed by atoms with van der Waals surface area (Å²) in [6, 6.07) is 32.3. The van der Waals surface area contributed by atoms with Gasteiger partial charge in [0.15, 0.2) is 0 Å². The molecular weight excluding hydrogens is 402 g/mol. The first-order valence-corrected chi connectivity index (χ1v) is 10.8. The third-order valence-electron chi connectivity index (χ3n) is 5.99. The van der Waals surface area contributed by atoms with Gasteiger partial charge >= 0.3 is 0 Å². The lowest BCUT2D eigenvalue weighted by atomic mass is 9.83. The molecule has 1 heterocycles. The maximum absolute atomic E-state index is 13.6. The predicted octanol–water partition coefficient (Wildman–Crippen LogP) is 6.99. The fourth-order valence-corrected chi connectivity index (χ4v) is 4.68. The molecule has 31 heavy (non-hydrogen) atoms. The zero-order valence-corrected chi connectivity index (χ0v) is 18.0. The Bertz CT molecular complexity index is 1260. The van der Waals surface area contributed by atoms with Crippen LogP contribution in [-0.4, -0.2) is 5.91 Å². The zero-order chi connectivity index (χ0) is 21.4. The highest BCUT2D eigenvalue weighted by molar-refractivity contribution is 6.31. The molecule has 1 aliphatic rings. The number of aryl methyl sites for hydroxylation is 1. The summed E-state index contributed by atoms with van der Waals surface area (Å²) in [5.74, 6) is -0.0426. The van der Waals surface area contributed by atoms with Crippen molar-refractivity contribution in [3.8, 4) is 0 Å². The predicted molar refractivity (Wildman–Crippen MR) is 127 cm³/mol. The van der Waals surface area contributed by atoms with E-state index >= 15 is 0 Å². The van der Waals surface area contributed by atoms with Gasteiger partial charge in [-0.1, -0.05) is 90.0 Å². The van der Waals surface area contributed by atoms with Gasteiger partial charge in [-0.25, -0.2) is 0 Å². The van der Waals surface area contributed by atoms with Crippen molar-refractivity contribution in [2.24, 2.45) is 0 Å². The van der Waals surface area contributed by atoms with E-state index in [1.54, 1.807) is 0 Å². The Hall–Kier alpha value is -3.36. The first-order valence-electron chi connectivity index (χ1n) is 10.4. The quantitative estimate of drug-likeness (QED) is 0.340. The highest BCUT2D eigenvalue weighted by Crippen LogP contribution is 2.44. The minimum Gasteiger partial charge on any atom is -0.304 e. The van der Waals surface area contributed by atoms with E-state index in [0.717, 1.165) is 33.0 Å². The second kappa shape index (κ2) is 8.05. The van der Waals surface area contributed by atoms with Crippen molar-refractivity contribution in [1.29, 1.82) is 0 Å². The topological polar surface area (TPSA) is 20.3 Å². The average Bonchev–Trinajstić information content (AvgIpc) is 2.94. The van der Waals surface area contributed by atoms with Crippen LogP contribution < -0.4 is 4.90 Å². The summed E-state index contributed by atoms with van der Waals surface area (Å²) in [5, 5.41) is 0.732. The van der Waals surface area contributed by atoms with Gasteiger partial charge in [-0.15, -0.1) is 0 Å². The molecule has 1 amide bonds. The number of amides is 1. The third kappa shape index (κ3) is 3.54. The van der Waals surface area contributed by atoms with E-state index in [1.807, 2.05) is 78.6 Å². The van der Waals surface area contributed by atoms with Crippen molar-refractivity contribution in [2.45, 2.75) is 19.4 Å². The van der Waals surface area contributed by atoms with Crippen LogP contribution in [0, 0.1) is 6.92 Å². The summed E-state index contributed by atoms with van der Waals surface area (Å²) < 4.78 is 0. The number of halogens is 1. The van der Waals surface area contributed by atoms with E-state index in [9.17, 15) is 4.79 Å². The highest BCUT2D eigenvalue weighted by Gasteiger charge is 2.31. The Balaban J connectivity index is 1.73. The largest absolute Gasteiger partial charge is 0.304 e. The SMILES string of the molecule is Cc1ccc(C(=O)N2Cc3ccccc3C(c3ccccc3Cl)c3ccccc32)cc1. The van der Waals surface area contributed by atoms with Crippen molar-refractivity contribution in [3.63, 3.8) is 0 Å². The lowest BCUT2D eigenvalue weighted by Gasteiger charge is -2.25. The van der Waals surface area contributed by atoms with Crippen molar-refractivity contribution >= 4 is 23.2 Å². The Morgan fingerprint density at radius 1 is 0.774 bits per heavy atom. The van der Waals surface area contributed by atoms with Gasteiger partial charge in [0.05, 0.1) is 6.54 Å². The smallest absolute Gasteiger partial charge is 0.258 e. The summed E-state index contributed by atoms with van der Waals surface area (Å²) in [5.41, 5.74) is 7.20. The van der Waals surface area contributed by atoms with Crippen LogP contribution in [0.3, 0.4) is 0 Å². The van der Waals surface area contributed by atoms with Crippen LogP contribution in [0.4, 0.5) is 5.69 Å². The van der Waals surface area contributed by atoms with Gasteiger partial charge in [0, 0.05) is 22.2 Å². The number of benzene rings is 4. The van der Waals surface area contributed by atoms with Crippen LogP contribution in [0.25, 0.3) is 0 Å². The molecule has 3 heteroatoms. The Morgan fingerprint density at radius 2 is 1.39 bits per heavy atom. The van der Waals surface area contributed by atoms with Gasteiger partial charge in [-0.05, 0) is 53.4 Å². The van der Waals surface area contributed by atoms with Crippen LogP contribution in [0.15, 0.2) is 97.1 Å². The standard InChI is InChI=1S/C28H22ClNO/c1-19-14-16-20(17-15-19)28(31)30-18-21-8-2-3-9-22(21)27(23-10-4-6-12-25(23)29)24-11-5-7-13-26(24)30/h2-17,27H,18H2,1H3. The molecule has 1 atom stereocenters. The molecule has 0 spiro atoms. The lowest BCUT2D eigenvalue weighted by Crippen LogP contribution is -2.30. The number of hydrogen-bond donors (Lipinski definition) is 0. The van der Waals surface area contributed by atoms with Crippen molar-refractivity contribution in [1.82, 2.24) is 0 Å². The molecule has 0 aliphatic carbocycles. The van der Waals surface area contributed by atoms with Crippen LogP contribution in [-0.2, 0) is 6.54 Å². The molecule has 1 aliphatic heterocycles. The number of anilines is 1. The molecule has 0 saturated heterocycles. The first kappa shape index (κ1) is 19.6. The van der Waals surface area contributed by atoms with Gasteiger partial charge in [-0.3, -0.25) is 4.79 Å². The maximum atomic E-state index is 13.6. The Morgan fingerprint density at radius 3 is 2.13 bits per heavy atom. The zero-order valence-electron chi connectivity index (χ0n) is 17.3. The molecule has 2 nitrogen and oxygen atoms in total. The second-order valence-electron chi connectivity index (χ2n) is 7.97. The van der Waals surface area contributed by atoms with E-state index in [1.165, 1.54) is 5.56 Å². The summed E-state index contributed by atoms with van der Waals surface area (Å²) in [6.07, 6.45) is 0. The Kier molecular flexibility index (Phi) is 5.09. The molecule has 0 N–H and O–H groups in total. The fourth-order valence-electron chi connectivity index (χ4n) is 4.44. The molecule has 1 unspecified atom stereocenters. The van der Waals surface area contributed by atoms with Gasteiger partial charge in [0.2, 0.25) is 0 Å². The van der Waals surface area contributed by atoms with E-state index in [2.05, 4.69) is 30.3 Å². The Labute approximate surface area is 187 Å². The summed E-state index contributed by atoms with van der Waals surface area (Å²) in [7, 11) is 0. The highest BCUT2D eigenvalue weighted by atomic mass is 35.5. The van der Waals surface area contributed by atoms with Crippen LogP contribution in [0.5, 0.6) is 0 Å². The molecule has 0 radical (unpaired) electrons. The molecule has 0 bridgehead atoms. The first-order chi connectivity index (χ1) is 15.1. The lowest BCUT2D eigenvalue weighted by molar-refractivity contribution is 0.0985. The molecule has 4 aromatic rings. The number of carbonyl (C=O) groups is 1. The van der Waals surface area contributed by atoms with E-state index in [-0.39, 0.29) is 11.8 Å². The van der Waals surface area contributed by atoms with Crippen LogP contribution in [0.1, 0.15) is 44.1 Å². The van der Waals surface area contributed by atoms with Crippen LogP contribution in [0.2, 0.25) is 5.02 Å². The normalized spacial score (nSPS) is 15.0. The molecule has 152 valence electrons. The van der Waals surface area contributed by atoms with Gasteiger partial charge in [-0.2, -0.15) is 0 Å². The molecule has 5 rings (SSSR count). The molecular formula is C28H22ClNO. The minimum absolute atomic E-state index is 0.00191. The van der Waals surface area contributed by atoms with E-state index in [4.69, 9.17) is 11.6 Å². The molecule has 0 aromatic heterocycles. The summed E-state index contributed by atoms with van der Waals surface area (Å²) >= 11 is 6.67. The maximum Gasteiger partial charge on any atom is 0.258 e. The number of carbonyl (C=O) groups excluding carboxylic acids is 1. The summed E-state index contributed by atoms with van der Waals surface area (Å²) in [4.78, 5) is 15.5. The average molecular weight is 424 g/mol. The van der Waals surface area contributed by atoms with E-state index in [0.29, 0.717) is 12.1 Å². The van der Waals surface area contributed by atoms with E-state index < -0.39 is 0 Å². The number of nitrogens with zero attached hydrogens (tertiary/aromatic N) is 1. The summed E-state index contributed by atoms with van der Waals surface area (Å²) in [6.45, 7) is 2.54. The fraction of sp³-hybridized carbons (Fsp3) is 0.107. The minimum atomic E-state index is -0.0445. The van der Waals surface area contributed by atoms with Crippen molar-refractivity contribution < 1.29 is 4.79 Å². The molecule has 0 saturated carbocycles. The second-order valence-corrected chi connectivity index (χ2v) is 8.38. The number of hydrogen-bond acceptors (Lipinski definition) is 1.